The molecule has 174 valence electrons. The van der Waals surface area contributed by atoms with Crippen molar-refractivity contribution in [3.63, 3.8) is 0 Å². The quantitative estimate of drug-likeness (QED) is 0.597. The Bertz CT molecular complexity index is 703. The van der Waals surface area contributed by atoms with Crippen LogP contribution in [0.2, 0.25) is 0 Å². The number of hydrogen-bond acceptors (Lipinski definition) is 5. The minimum atomic E-state index is 0.322. The summed E-state index contributed by atoms with van der Waals surface area (Å²) in [6.45, 7) is 7.92. The molecule has 0 saturated carbocycles. The number of piperidine rings is 2. The Hall–Kier alpha value is -1.79. The van der Waals surface area contributed by atoms with Crippen molar-refractivity contribution < 1.29 is 14.3 Å². The van der Waals surface area contributed by atoms with Crippen LogP contribution in [0.15, 0.2) is 18.2 Å². The van der Waals surface area contributed by atoms with E-state index >= 15 is 0 Å². The van der Waals surface area contributed by atoms with Crippen molar-refractivity contribution in [1.29, 1.82) is 0 Å². The van der Waals surface area contributed by atoms with E-state index in [1.807, 2.05) is 24.9 Å². The van der Waals surface area contributed by atoms with E-state index in [1.165, 1.54) is 18.4 Å². The number of amides is 1. The molecule has 0 unspecified atom stereocenters. The molecule has 2 heterocycles. The number of methoxy groups -OCH3 is 1. The van der Waals surface area contributed by atoms with Crippen molar-refractivity contribution in [3.8, 4) is 11.5 Å². The highest BCUT2D eigenvalue weighted by molar-refractivity contribution is 5.76. The predicted octanol–water partition coefficient (Wildman–Crippen LogP) is 3.64. The molecular formula is C25H41N3O3. The Morgan fingerprint density at radius 1 is 1.16 bits per heavy atom. The summed E-state index contributed by atoms with van der Waals surface area (Å²) in [5, 5.41) is 0. The zero-order valence-electron chi connectivity index (χ0n) is 19.9. The Kier molecular flexibility index (Phi) is 9.02. The van der Waals surface area contributed by atoms with Crippen molar-refractivity contribution in [2.24, 2.45) is 5.92 Å². The standard InChI is InChI=1S/C25H41N3O3/c1-5-31-24-17-21(8-10-23(24)30-4)19-28-14-6-7-20(18-28)9-11-25(29)27(3)22-12-15-26(2)16-13-22/h8,10,17,20,22H,5-7,9,11-16,18-19H2,1-4H3/t20-/m0/s1. The summed E-state index contributed by atoms with van der Waals surface area (Å²) in [5.74, 6) is 2.53. The normalized spacial score (nSPS) is 21.1. The molecule has 0 aliphatic carbocycles. The van der Waals surface area contributed by atoms with E-state index < -0.39 is 0 Å². The van der Waals surface area contributed by atoms with Gasteiger partial charge in [-0.1, -0.05) is 6.07 Å². The Labute approximate surface area is 188 Å². The van der Waals surface area contributed by atoms with Gasteiger partial charge in [0.15, 0.2) is 11.5 Å². The first kappa shape index (κ1) is 23.9. The van der Waals surface area contributed by atoms with Gasteiger partial charge in [-0.2, -0.15) is 0 Å². The Morgan fingerprint density at radius 3 is 2.65 bits per heavy atom. The van der Waals surface area contributed by atoms with E-state index in [2.05, 4.69) is 29.0 Å². The van der Waals surface area contributed by atoms with Gasteiger partial charge in [-0.05, 0) is 89.3 Å². The van der Waals surface area contributed by atoms with Crippen LogP contribution in [0, 0.1) is 5.92 Å². The second-order valence-electron chi connectivity index (χ2n) is 9.24. The van der Waals surface area contributed by atoms with Gasteiger partial charge in [-0.3, -0.25) is 9.69 Å². The highest BCUT2D eigenvalue weighted by atomic mass is 16.5. The maximum atomic E-state index is 12.8. The molecule has 6 heteroatoms. The molecule has 1 aromatic carbocycles. The van der Waals surface area contributed by atoms with Gasteiger partial charge in [0, 0.05) is 32.6 Å². The number of likely N-dealkylation sites (tertiary alicyclic amines) is 2. The van der Waals surface area contributed by atoms with Crippen LogP contribution in [0.1, 0.15) is 51.0 Å². The number of carbonyl (C=O) groups is 1. The molecular weight excluding hydrogens is 390 g/mol. The minimum Gasteiger partial charge on any atom is -0.493 e. The smallest absolute Gasteiger partial charge is 0.222 e. The van der Waals surface area contributed by atoms with E-state index in [0.717, 1.165) is 63.5 Å². The van der Waals surface area contributed by atoms with E-state index in [4.69, 9.17) is 9.47 Å². The number of hydrogen-bond donors (Lipinski definition) is 0. The Morgan fingerprint density at radius 2 is 1.94 bits per heavy atom. The summed E-state index contributed by atoms with van der Waals surface area (Å²) in [7, 11) is 5.85. The van der Waals surface area contributed by atoms with Crippen LogP contribution in [-0.4, -0.2) is 80.6 Å². The molecule has 0 aromatic heterocycles. The van der Waals surface area contributed by atoms with Gasteiger partial charge in [0.1, 0.15) is 0 Å². The molecule has 1 atom stereocenters. The second kappa shape index (κ2) is 11.7. The van der Waals surface area contributed by atoms with Gasteiger partial charge in [0.2, 0.25) is 5.91 Å². The molecule has 31 heavy (non-hydrogen) atoms. The van der Waals surface area contributed by atoms with Crippen LogP contribution in [0.5, 0.6) is 11.5 Å². The summed E-state index contributed by atoms with van der Waals surface area (Å²) >= 11 is 0. The number of benzene rings is 1. The number of ether oxygens (including phenoxy) is 2. The van der Waals surface area contributed by atoms with Crippen molar-refractivity contribution in [2.45, 2.75) is 58.0 Å². The monoisotopic (exact) mass is 431 g/mol. The van der Waals surface area contributed by atoms with Crippen molar-refractivity contribution in [3.05, 3.63) is 23.8 Å². The summed E-state index contributed by atoms with van der Waals surface area (Å²) in [4.78, 5) is 19.7. The average molecular weight is 432 g/mol. The lowest BCUT2D eigenvalue weighted by Gasteiger charge is -2.36. The summed E-state index contributed by atoms with van der Waals surface area (Å²) in [6.07, 6.45) is 6.31. The van der Waals surface area contributed by atoms with Gasteiger partial charge < -0.3 is 19.3 Å². The molecule has 3 rings (SSSR count). The fraction of sp³-hybridized carbons (Fsp3) is 0.720. The van der Waals surface area contributed by atoms with Gasteiger partial charge in [-0.15, -0.1) is 0 Å². The largest absolute Gasteiger partial charge is 0.493 e. The van der Waals surface area contributed by atoms with E-state index in [9.17, 15) is 4.79 Å². The molecule has 1 aromatic rings. The van der Waals surface area contributed by atoms with Gasteiger partial charge in [0.05, 0.1) is 13.7 Å². The van der Waals surface area contributed by atoms with Gasteiger partial charge in [-0.25, -0.2) is 0 Å². The first-order valence-electron chi connectivity index (χ1n) is 12.0. The SMILES string of the molecule is CCOc1cc(CN2CCC[C@@H](CCC(=O)N(C)C3CCN(C)CC3)C2)ccc1OC. The molecule has 0 bridgehead atoms. The van der Waals surface area contributed by atoms with E-state index in [1.54, 1.807) is 7.11 Å². The number of rotatable bonds is 9. The fourth-order valence-corrected chi connectivity index (χ4v) is 4.97. The van der Waals surface area contributed by atoms with Crippen molar-refractivity contribution in [1.82, 2.24) is 14.7 Å². The zero-order valence-corrected chi connectivity index (χ0v) is 19.9. The van der Waals surface area contributed by atoms with Gasteiger partial charge >= 0.3 is 0 Å². The van der Waals surface area contributed by atoms with Gasteiger partial charge in [0.25, 0.3) is 0 Å². The van der Waals surface area contributed by atoms with E-state index in [-0.39, 0.29) is 0 Å². The van der Waals surface area contributed by atoms with Crippen LogP contribution in [0.3, 0.4) is 0 Å². The molecule has 2 aliphatic heterocycles. The fourth-order valence-electron chi connectivity index (χ4n) is 4.97. The third kappa shape index (κ3) is 6.84. The molecule has 0 radical (unpaired) electrons. The lowest BCUT2D eigenvalue weighted by Crippen LogP contribution is -2.44. The maximum Gasteiger partial charge on any atom is 0.222 e. The topological polar surface area (TPSA) is 45.2 Å². The van der Waals surface area contributed by atoms with Crippen LogP contribution < -0.4 is 9.47 Å². The second-order valence-corrected chi connectivity index (χ2v) is 9.24. The maximum absolute atomic E-state index is 12.8. The molecule has 6 nitrogen and oxygen atoms in total. The lowest BCUT2D eigenvalue weighted by molar-refractivity contribution is -0.133. The summed E-state index contributed by atoms with van der Waals surface area (Å²) in [5.41, 5.74) is 1.25. The third-order valence-corrected chi connectivity index (χ3v) is 6.93. The Balaban J connectivity index is 1.47. The van der Waals surface area contributed by atoms with Crippen LogP contribution in [0.4, 0.5) is 0 Å². The summed E-state index contributed by atoms with van der Waals surface area (Å²) < 4.78 is 11.1. The molecule has 2 saturated heterocycles. The van der Waals surface area contributed by atoms with Crippen LogP contribution in [0.25, 0.3) is 0 Å². The van der Waals surface area contributed by atoms with Crippen LogP contribution >= 0.6 is 0 Å². The highest BCUT2D eigenvalue weighted by Crippen LogP contribution is 2.30. The summed E-state index contributed by atoms with van der Waals surface area (Å²) in [6, 6.07) is 6.65. The van der Waals surface area contributed by atoms with Crippen molar-refractivity contribution in [2.75, 3.05) is 54.0 Å². The third-order valence-electron chi connectivity index (χ3n) is 6.93. The molecule has 2 fully saturated rings. The average Bonchev–Trinajstić information content (AvgIpc) is 2.78. The van der Waals surface area contributed by atoms with Crippen LogP contribution in [-0.2, 0) is 11.3 Å². The lowest BCUT2D eigenvalue weighted by atomic mass is 9.92. The predicted molar refractivity (Wildman–Crippen MR) is 125 cm³/mol. The zero-order chi connectivity index (χ0) is 22.2. The minimum absolute atomic E-state index is 0.322. The number of carbonyl (C=O) groups excluding carboxylic acids is 1. The van der Waals surface area contributed by atoms with E-state index in [0.29, 0.717) is 30.9 Å². The molecule has 1 amide bonds. The molecule has 2 aliphatic rings. The first-order chi connectivity index (χ1) is 15.0. The molecule has 0 N–H and O–H groups in total. The highest BCUT2D eigenvalue weighted by Gasteiger charge is 2.26. The van der Waals surface area contributed by atoms with Crippen molar-refractivity contribution >= 4 is 5.91 Å². The number of nitrogens with zero attached hydrogens (tertiary/aromatic N) is 3. The first-order valence-corrected chi connectivity index (χ1v) is 12.0. The molecule has 0 spiro atoms.